The van der Waals surface area contributed by atoms with Crippen LogP contribution in [0.2, 0.25) is 0 Å². The molecule has 154 valence electrons. The van der Waals surface area contributed by atoms with Crippen LogP contribution in [0.1, 0.15) is 30.0 Å². The van der Waals surface area contributed by atoms with Crippen molar-refractivity contribution in [1.82, 2.24) is 25.3 Å². The highest BCUT2D eigenvalue weighted by molar-refractivity contribution is 7.90. The number of urea groups is 1. The molecule has 0 aliphatic carbocycles. The van der Waals surface area contributed by atoms with E-state index in [9.17, 15) is 9.35 Å². The molecular weight excluding hydrogens is 412 g/mol. The molecule has 0 spiro atoms. The smallest absolute Gasteiger partial charge is 0.343 e. The lowest BCUT2D eigenvalue weighted by molar-refractivity contribution is 0.252. The van der Waals surface area contributed by atoms with E-state index < -0.39 is 11.2 Å². The summed E-state index contributed by atoms with van der Waals surface area (Å²) in [6.07, 6.45) is 4.53. The minimum absolute atomic E-state index is 0.276. The zero-order valence-electron chi connectivity index (χ0n) is 16.6. The van der Waals surface area contributed by atoms with Gasteiger partial charge in [0, 0.05) is 36.3 Å². The number of hydrogen-bond donors (Lipinski definition) is 2. The van der Waals surface area contributed by atoms with Gasteiger partial charge in [0.2, 0.25) is 0 Å². The van der Waals surface area contributed by atoms with Gasteiger partial charge < -0.3 is 14.3 Å². The predicted octanol–water partition coefficient (Wildman–Crippen LogP) is 2.87. The number of thiazole rings is 1. The Bertz CT molecular complexity index is 1000. The van der Waals surface area contributed by atoms with Crippen LogP contribution in [0.5, 0.6) is 0 Å². The number of carbonyl (C=O) groups is 1. The van der Waals surface area contributed by atoms with Crippen LogP contribution in [0.3, 0.4) is 0 Å². The average Bonchev–Trinajstić information content (AvgIpc) is 3.27. The fourth-order valence-electron chi connectivity index (χ4n) is 2.53. The van der Waals surface area contributed by atoms with Crippen LogP contribution in [0.15, 0.2) is 21.8 Å². The van der Waals surface area contributed by atoms with Gasteiger partial charge in [-0.3, -0.25) is 5.32 Å². The van der Waals surface area contributed by atoms with E-state index in [1.807, 2.05) is 26.8 Å². The first-order chi connectivity index (χ1) is 13.9. The van der Waals surface area contributed by atoms with E-state index in [0.29, 0.717) is 29.7 Å². The molecule has 0 aromatic carbocycles. The van der Waals surface area contributed by atoms with Crippen LogP contribution in [0, 0.1) is 13.8 Å². The SMILES string of the molecule is CCc1cnc(CCNC(=O)Nc2nc(C)c(-c3cc(C)nc([S+](C)[O-])n3)s2)o1. The molecule has 29 heavy (non-hydrogen) atoms. The fourth-order valence-corrected chi connectivity index (χ4v) is 3.95. The first-order valence-corrected chi connectivity index (χ1v) is 11.4. The standard InChI is InChI=1S/C18H22N6O3S2/c1-5-12-9-20-14(27-12)6-7-19-16(25)24-17-22-11(3)15(28-17)13-8-10(2)21-18(23-13)29(4)26/h8-9H,5-7H2,1-4H3,(H2,19,22,24,25). The molecule has 0 saturated heterocycles. The number of amides is 2. The number of rotatable bonds is 7. The highest BCUT2D eigenvalue weighted by atomic mass is 32.2. The normalized spacial score (nSPS) is 12.0. The molecule has 0 bridgehead atoms. The number of hydrogen-bond acceptors (Lipinski definition) is 8. The zero-order chi connectivity index (χ0) is 21.0. The molecule has 2 amide bonds. The highest BCUT2D eigenvalue weighted by Gasteiger charge is 2.17. The Morgan fingerprint density at radius 2 is 2.10 bits per heavy atom. The maximum Gasteiger partial charge on any atom is 0.343 e. The van der Waals surface area contributed by atoms with E-state index in [1.165, 1.54) is 17.6 Å². The Morgan fingerprint density at radius 1 is 1.31 bits per heavy atom. The van der Waals surface area contributed by atoms with Crippen molar-refractivity contribution in [3.8, 4) is 10.6 Å². The van der Waals surface area contributed by atoms with E-state index in [2.05, 4.69) is 30.6 Å². The zero-order valence-corrected chi connectivity index (χ0v) is 18.2. The molecule has 3 aromatic heterocycles. The summed E-state index contributed by atoms with van der Waals surface area (Å²) in [4.78, 5) is 30.0. The Kier molecular flexibility index (Phi) is 6.83. The molecule has 2 N–H and O–H groups in total. The Morgan fingerprint density at radius 3 is 2.79 bits per heavy atom. The molecule has 0 saturated carbocycles. The second-order valence-corrected chi connectivity index (χ2v) is 8.54. The van der Waals surface area contributed by atoms with Crippen molar-refractivity contribution in [2.24, 2.45) is 0 Å². The third kappa shape index (κ3) is 5.52. The average molecular weight is 435 g/mol. The molecule has 0 aliphatic rings. The largest absolute Gasteiger partial charge is 0.609 e. The van der Waals surface area contributed by atoms with Gasteiger partial charge in [0.25, 0.3) is 0 Å². The first kappa shape index (κ1) is 21.2. The molecule has 9 nitrogen and oxygen atoms in total. The number of carbonyl (C=O) groups excluding carboxylic acids is 1. The third-order valence-corrected chi connectivity index (χ3v) is 5.71. The van der Waals surface area contributed by atoms with Crippen molar-refractivity contribution in [3.05, 3.63) is 35.3 Å². The Balaban J connectivity index is 1.62. The summed E-state index contributed by atoms with van der Waals surface area (Å²) in [5.74, 6) is 1.42. The van der Waals surface area contributed by atoms with Crippen molar-refractivity contribution >= 4 is 33.7 Å². The first-order valence-electron chi connectivity index (χ1n) is 9.01. The minimum atomic E-state index is -1.28. The molecule has 1 unspecified atom stereocenters. The van der Waals surface area contributed by atoms with E-state index in [1.54, 1.807) is 6.20 Å². The number of nitrogens with one attached hydrogen (secondary N) is 2. The van der Waals surface area contributed by atoms with Crippen molar-refractivity contribution < 1.29 is 13.8 Å². The second-order valence-electron chi connectivity index (χ2n) is 6.27. The van der Waals surface area contributed by atoms with Crippen LogP contribution in [0.25, 0.3) is 10.6 Å². The summed E-state index contributed by atoms with van der Waals surface area (Å²) in [7, 11) is 0. The lowest BCUT2D eigenvalue weighted by Crippen LogP contribution is -2.30. The quantitative estimate of drug-likeness (QED) is 0.432. The minimum Gasteiger partial charge on any atom is -0.609 e. The van der Waals surface area contributed by atoms with E-state index in [4.69, 9.17) is 4.42 Å². The number of anilines is 1. The maximum atomic E-state index is 12.1. The molecule has 3 heterocycles. The maximum absolute atomic E-state index is 12.1. The molecule has 0 radical (unpaired) electrons. The van der Waals surface area contributed by atoms with Crippen LogP contribution < -0.4 is 10.6 Å². The lowest BCUT2D eigenvalue weighted by Gasteiger charge is -2.05. The number of aromatic nitrogens is 4. The highest BCUT2D eigenvalue weighted by Crippen LogP contribution is 2.32. The van der Waals surface area contributed by atoms with Gasteiger partial charge >= 0.3 is 11.2 Å². The van der Waals surface area contributed by atoms with E-state index in [0.717, 1.165) is 28.4 Å². The summed E-state index contributed by atoms with van der Waals surface area (Å²) in [6.45, 7) is 6.04. The predicted molar refractivity (Wildman–Crippen MR) is 112 cm³/mol. The summed E-state index contributed by atoms with van der Waals surface area (Å²) >= 11 is 0.0213. The van der Waals surface area contributed by atoms with Gasteiger partial charge in [-0.15, -0.1) is 0 Å². The Labute approximate surface area is 175 Å². The van der Waals surface area contributed by atoms with Crippen molar-refractivity contribution in [3.63, 3.8) is 0 Å². The van der Waals surface area contributed by atoms with Gasteiger partial charge in [-0.2, -0.15) is 9.97 Å². The molecule has 0 aliphatic heterocycles. The number of oxazole rings is 1. The van der Waals surface area contributed by atoms with Gasteiger partial charge in [-0.05, 0) is 19.9 Å². The lowest BCUT2D eigenvalue weighted by atomic mass is 10.2. The van der Waals surface area contributed by atoms with Crippen molar-refractivity contribution in [1.29, 1.82) is 0 Å². The van der Waals surface area contributed by atoms with Crippen LogP contribution >= 0.6 is 11.3 Å². The van der Waals surface area contributed by atoms with Gasteiger partial charge in [-0.25, -0.2) is 14.8 Å². The van der Waals surface area contributed by atoms with Gasteiger partial charge in [0.1, 0.15) is 12.0 Å². The Hall–Kier alpha value is -2.50. The summed E-state index contributed by atoms with van der Waals surface area (Å²) in [5, 5.41) is 6.22. The molecule has 0 fully saturated rings. The summed E-state index contributed by atoms with van der Waals surface area (Å²) in [5.41, 5.74) is 2.09. The van der Waals surface area contributed by atoms with Gasteiger partial charge in [0.15, 0.2) is 11.0 Å². The summed E-state index contributed by atoms with van der Waals surface area (Å²) < 4.78 is 17.2. The molecule has 3 aromatic rings. The van der Waals surface area contributed by atoms with Crippen molar-refractivity contribution in [2.45, 2.75) is 38.8 Å². The van der Waals surface area contributed by atoms with Gasteiger partial charge in [0.05, 0.1) is 22.5 Å². The third-order valence-electron chi connectivity index (χ3n) is 3.91. The number of nitrogens with zero attached hydrogens (tertiary/aromatic N) is 4. The number of aryl methyl sites for hydroxylation is 3. The fraction of sp³-hybridized carbons (Fsp3) is 0.389. The summed E-state index contributed by atoms with van der Waals surface area (Å²) in [6, 6.07) is 1.45. The van der Waals surface area contributed by atoms with E-state index in [-0.39, 0.29) is 11.2 Å². The monoisotopic (exact) mass is 434 g/mol. The second kappa shape index (κ2) is 9.33. The topological polar surface area (TPSA) is 129 Å². The molecule has 1 atom stereocenters. The van der Waals surface area contributed by atoms with Crippen LogP contribution in [0.4, 0.5) is 9.93 Å². The molecule has 11 heteroatoms. The van der Waals surface area contributed by atoms with Crippen molar-refractivity contribution in [2.75, 3.05) is 18.1 Å². The van der Waals surface area contributed by atoms with E-state index >= 15 is 0 Å². The molecular formula is C18H22N6O3S2. The van der Waals surface area contributed by atoms with Gasteiger partial charge in [-0.1, -0.05) is 18.3 Å². The molecule has 3 rings (SSSR count). The van der Waals surface area contributed by atoms with Crippen LogP contribution in [-0.2, 0) is 24.0 Å². The van der Waals surface area contributed by atoms with Crippen LogP contribution in [-0.4, -0.2) is 43.3 Å².